The lowest BCUT2D eigenvalue weighted by Crippen LogP contribution is -1.94. The maximum Gasteiger partial charge on any atom is 0.163 e. The Morgan fingerprint density at radius 2 is 1.50 bits per heavy atom. The molecule has 0 fully saturated rings. The highest BCUT2D eigenvalue weighted by atomic mass is 35.5. The van der Waals surface area contributed by atoms with E-state index < -0.39 is 0 Å². The van der Waals surface area contributed by atoms with Gasteiger partial charge in [0.15, 0.2) is 16.7 Å². The second-order valence-electron chi connectivity index (χ2n) is 3.30. The lowest BCUT2D eigenvalue weighted by atomic mass is 10.2. The fourth-order valence-electron chi connectivity index (χ4n) is 1.45. The Hall–Kier alpha value is -1.55. The molecule has 2 aromatic rings. The highest BCUT2D eigenvalue weighted by molar-refractivity contribution is 6.30. The number of aromatic nitrogens is 2. The van der Waals surface area contributed by atoms with Crippen molar-refractivity contribution in [3.05, 3.63) is 23.0 Å². The van der Waals surface area contributed by atoms with Crippen molar-refractivity contribution in [2.24, 2.45) is 0 Å². The van der Waals surface area contributed by atoms with Crippen molar-refractivity contribution >= 4 is 22.6 Å². The molecule has 0 spiro atoms. The minimum absolute atomic E-state index is 0.403. The molecule has 1 aromatic carbocycles. The van der Waals surface area contributed by atoms with Gasteiger partial charge >= 0.3 is 0 Å². The Kier molecular flexibility index (Phi) is 2.83. The van der Waals surface area contributed by atoms with Crippen LogP contribution in [-0.2, 0) is 0 Å². The highest BCUT2D eigenvalue weighted by Crippen LogP contribution is 2.31. The second-order valence-corrected chi connectivity index (χ2v) is 3.65. The van der Waals surface area contributed by atoms with E-state index in [1.54, 1.807) is 26.4 Å². The molecule has 1 heterocycles. The topological polar surface area (TPSA) is 44.2 Å². The molecule has 0 bridgehead atoms. The zero-order valence-corrected chi connectivity index (χ0v) is 10.00. The molecular formula is C11H11ClN2O2. The predicted molar refractivity (Wildman–Crippen MR) is 62.4 cm³/mol. The number of hydrogen-bond acceptors (Lipinski definition) is 4. The van der Waals surface area contributed by atoms with Crippen LogP contribution in [0.2, 0.25) is 5.15 Å². The van der Waals surface area contributed by atoms with Crippen molar-refractivity contribution in [2.75, 3.05) is 14.2 Å². The van der Waals surface area contributed by atoms with E-state index >= 15 is 0 Å². The highest BCUT2D eigenvalue weighted by Gasteiger charge is 2.09. The first-order valence-corrected chi connectivity index (χ1v) is 5.09. The molecule has 0 amide bonds. The SMILES string of the molecule is COc1cc2nc(C)c(Cl)nc2cc1OC. The van der Waals surface area contributed by atoms with Gasteiger partial charge in [0.2, 0.25) is 0 Å². The van der Waals surface area contributed by atoms with Crippen molar-refractivity contribution in [1.29, 1.82) is 0 Å². The Labute approximate surface area is 98.2 Å². The van der Waals surface area contributed by atoms with E-state index in [2.05, 4.69) is 9.97 Å². The van der Waals surface area contributed by atoms with Crippen molar-refractivity contribution < 1.29 is 9.47 Å². The van der Waals surface area contributed by atoms with E-state index in [1.165, 1.54) is 0 Å². The number of methoxy groups -OCH3 is 2. The van der Waals surface area contributed by atoms with Crippen LogP contribution in [0.4, 0.5) is 0 Å². The Morgan fingerprint density at radius 3 is 2.00 bits per heavy atom. The van der Waals surface area contributed by atoms with Crippen molar-refractivity contribution in [2.45, 2.75) is 6.92 Å². The standard InChI is InChI=1S/C11H11ClN2O2/c1-6-11(12)14-8-5-10(16-3)9(15-2)4-7(8)13-6/h4-5H,1-3H3. The van der Waals surface area contributed by atoms with Gasteiger partial charge in [0.1, 0.15) is 0 Å². The average Bonchev–Trinajstić information content (AvgIpc) is 2.29. The molecule has 0 aliphatic rings. The summed E-state index contributed by atoms with van der Waals surface area (Å²) < 4.78 is 10.4. The molecule has 1 aromatic heterocycles. The van der Waals surface area contributed by atoms with Crippen LogP contribution in [0.3, 0.4) is 0 Å². The van der Waals surface area contributed by atoms with Crippen LogP contribution in [0, 0.1) is 6.92 Å². The number of halogens is 1. The summed E-state index contributed by atoms with van der Waals surface area (Å²) >= 11 is 5.91. The van der Waals surface area contributed by atoms with Gasteiger partial charge in [-0.05, 0) is 6.92 Å². The summed E-state index contributed by atoms with van der Waals surface area (Å²) in [5, 5.41) is 0.403. The van der Waals surface area contributed by atoms with Crippen molar-refractivity contribution in [3.63, 3.8) is 0 Å². The monoisotopic (exact) mass is 238 g/mol. The van der Waals surface area contributed by atoms with E-state index in [0.717, 1.165) is 5.52 Å². The van der Waals surface area contributed by atoms with Crippen LogP contribution >= 0.6 is 11.6 Å². The van der Waals surface area contributed by atoms with Gasteiger partial charge in [-0.3, -0.25) is 0 Å². The lowest BCUT2D eigenvalue weighted by Gasteiger charge is -2.08. The maximum atomic E-state index is 5.91. The summed E-state index contributed by atoms with van der Waals surface area (Å²) in [6.45, 7) is 1.81. The molecule has 0 unspecified atom stereocenters. The van der Waals surface area contributed by atoms with Gasteiger partial charge in [0.25, 0.3) is 0 Å². The minimum Gasteiger partial charge on any atom is -0.493 e. The molecule has 0 saturated heterocycles. The summed E-state index contributed by atoms with van der Waals surface area (Å²) in [6.07, 6.45) is 0. The molecule has 0 aliphatic heterocycles. The normalized spacial score (nSPS) is 10.5. The molecule has 0 radical (unpaired) electrons. The molecule has 0 atom stereocenters. The largest absolute Gasteiger partial charge is 0.493 e. The Balaban J connectivity index is 2.73. The zero-order valence-electron chi connectivity index (χ0n) is 9.24. The third-order valence-electron chi connectivity index (χ3n) is 2.29. The summed E-state index contributed by atoms with van der Waals surface area (Å²) in [7, 11) is 3.16. The van der Waals surface area contributed by atoms with Crippen LogP contribution in [0.5, 0.6) is 11.5 Å². The van der Waals surface area contributed by atoms with Gasteiger partial charge in [0.05, 0.1) is 30.9 Å². The van der Waals surface area contributed by atoms with E-state index in [-0.39, 0.29) is 0 Å². The molecule has 2 rings (SSSR count). The van der Waals surface area contributed by atoms with Gasteiger partial charge < -0.3 is 9.47 Å². The van der Waals surface area contributed by atoms with Crippen LogP contribution in [0.1, 0.15) is 5.69 Å². The number of benzene rings is 1. The van der Waals surface area contributed by atoms with Crippen molar-refractivity contribution in [3.8, 4) is 11.5 Å². The number of aryl methyl sites for hydroxylation is 1. The average molecular weight is 239 g/mol. The number of hydrogen-bond donors (Lipinski definition) is 0. The van der Waals surface area contributed by atoms with Crippen LogP contribution in [0.25, 0.3) is 11.0 Å². The quantitative estimate of drug-likeness (QED) is 0.807. The first-order valence-electron chi connectivity index (χ1n) is 4.71. The first kappa shape index (κ1) is 11.0. The zero-order chi connectivity index (χ0) is 11.7. The smallest absolute Gasteiger partial charge is 0.163 e. The molecule has 0 aliphatic carbocycles. The Morgan fingerprint density at radius 1 is 1.00 bits per heavy atom. The van der Waals surface area contributed by atoms with Gasteiger partial charge in [-0.25, -0.2) is 9.97 Å². The molecular weight excluding hydrogens is 228 g/mol. The Bertz CT molecular complexity index is 494. The van der Waals surface area contributed by atoms with E-state index in [0.29, 0.717) is 27.9 Å². The number of rotatable bonds is 2. The van der Waals surface area contributed by atoms with E-state index in [1.807, 2.05) is 6.92 Å². The first-order chi connectivity index (χ1) is 7.65. The van der Waals surface area contributed by atoms with Gasteiger partial charge in [0, 0.05) is 12.1 Å². The number of ether oxygens (including phenoxy) is 2. The van der Waals surface area contributed by atoms with Crippen LogP contribution < -0.4 is 9.47 Å². The fourth-order valence-corrected chi connectivity index (χ4v) is 1.58. The van der Waals surface area contributed by atoms with E-state index in [4.69, 9.17) is 21.1 Å². The van der Waals surface area contributed by atoms with E-state index in [9.17, 15) is 0 Å². The fraction of sp³-hybridized carbons (Fsp3) is 0.273. The van der Waals surface area contributed by atoms with Gasteiger partial charge in [-0.1, -0.05) is 11.6 Å². The van der Waals surface area contributed by atoms with Crippen LogP contribution in [0.15, 0.2) is 12.1 Å². The summed E-state index contributed by atoms with van der Waals surface area (Å²) in [4.78, 5) is 8.56. The third-order valence-corrected chi connectivity index (χ3v) is 2.64. The lowest BCUT2D eigenvalue weighted by molar-refractivity contribution is 0.355. The summed E-state index contributed by atoms with van der Waals surface area (Å²) in [5.74, 6) is 1.25. The summed E-state index contributed by atoms with van der Waals surface area (Å²) in [5.41, 5.74) is 2.12. The second kappa shape index (κ2) is 4.14. The minimum atomic E-state index is 0.403. The van der Waals surface area contributed by atoms with Crippen LogP contribution in [-0.4, -0.2) is 24.2 Å². The maximum absolute atomic E-state index is 5.91. The molecule has 5 heteroatoms. The van der Waals surface area contributed by atoms with Gasteiger partial charge in [-0.15, -0.1) is 0 Å². The molecule has 4 nitrogen and oxygen atoms in total. The third kappa shape index (κ3) is 1.76. The number of nitrogens with zero attached hydrogens (tertiary/aromatic N) is 2. The molecule has 84 valence electrons. The predicted octanol–water partition coefficient (Wildman–Crippen LogP) is 2.61. The van der Waals surface area contributed by atoms with Gasteiger partial charge in [-0.2, -0.15) is 0 Å². The summed E-state index contributed by atoms with van der Waals surface area (Å²) in [6, 6.07) is 3.54. The van der Waals surface area contributed by atoms with Crippen molar-refractivity contribution in [1.82, 2.24) is 9.97 Å². The number of fused-ring (bicyclic) bond motifs is 1. The molecule has 0 N–H and O–H groups in total. The molecule has 0 saturated carbocycles. The molecule has 16 heavy (non-hydrogen) atoms.